The molecule has 2 aromatic rings. The van der Waals surface area contributed by atoms with E-state index in [1.165, 1.54) is 12.1 Å². The lowest BCUT2D eigenvalue weighted by Crippen LogP contribution is -2.56. The maximum Gasteiger partial charge on any atom is 0.234 e. The molecule has 6 heteroatoms. The van der Waals surface area contributed by atoms with Gasteiger partial charge in [0.1, 0.15) is 5.82 Å². The maximum atomic E-state index is 13.3. The molecule has 1 atom stereocenters. The fraction of sp³-hybridized carbons (Fsp3) is 0.474. The maximum absolute atomic E-state index is 13.3. The van der Waals surface area contributed by atoms with Crippen molar-refractivity contribution in [2.45, 2.75) is 32.2 Å². The van der Waals surface area contributed by atoms with E-state index in [1.807, 2.05) is 10.4 Å². The lowest BCUT2D eigenvalue weighted by Gasteiger charge is -2.47. The highest BCUT2D eigenvalue weighted by Gasteiger charge is 2.46. The highest BCUT2D eigenvalue weighted by atomic mass is 32.1. The highest BCUT2D eigenvalue weighted by molar-refractivity contribution is 7.07. The number of hydrogen-bond acceptors (Lipinski definition) is 4. The molecule has 2 fully saturated rings. The van der Waals surface area contributed by atoms with Crippen LogP contribution in [0.25, 0.3) is 0 Å². The van der Waals surface area contributed by atoms with Gasteiger partial charge in [0.25, 0.3) is 0 Å². The van der Waals surface area contributed by atoms with E-state index in [0.29, 0.717) is 0 Å². The first-order chi connectivity index (χ1) is 12.2. The molecule has 1 aromatic heterocycles. The summed E-state index contributed by atoms with van der Waals surface area (Å²) in [5.74, 6) is -0.0663. The number of anilines is 1. The lowest BCUT2D eigenvalue weighted by atomic mass is 9.72. The Hall–Kier alpha value is -1.79. The van der Waals surface area contributed by atoms with Gasteiger partial charge in [0.05, 0.1) is 16.6 Å². The minimum atomic E-state index is -0.305. The SMILES string of the molecule is O=C1N(c2ccc(F)cc2)CCCC12CCCN(Cc1cscn1)C2. The van der Waals surface area contributed by atoms with E-state index in [0.717, 1.165) is 63.2 Å². The average molecular weight is 359 g/mol. The summed E-state index contributed by atoms with van der Waals surface area (Å²) in [4.78, 5) is 21.9. The molecule has 1 amide bonds. The molecule has 0 radical (unpaired) electrons. The molecule has 0 aliphatic carbocycles. The molecule has 3 heterocycles. The fourth-order valence-electron chi connectivity index (χ4n) is 4.22. The number of piperidine rings is 2. The molecule has 2 aliphatic rings. The van der Waals surface area contributed by atoms with Crippen LogP contribution in [0, 0.1) is 11.2 Å². The number of amides is 1. The quantitative estimate of drug-likeness (QED) is 0.839. The molecule has 132 valence electrons. The summed E-state index contributed by atoms with van der Waals surface area (Å²) in [6.07, 6.45) is 3.91. The molecule has 4 nitrogen and oxygen atoms in total. The zero-order valence-electron chi connectivity index (χ0n) is 14.2. The van der Waals surface area contributed by atoms with Crippen molar-refractivity contribution in [3.05, 3.63) is 46.7 Å². The Balaban J connectivity index is 1.53. The number of carbonyl (C=O) groups is 1. The summed E-state index contributed by atoms with van der Waals surface area (Å²) in [5.41, 5.74) is 3.45. The van der Waals surface area contributed by atoms with Crippen molar-refractivity contribution in [1.29, 1.82) is 0 Å². The molecule has 4 rings (SSSR count). The second-order valence-electron chi connectivity index (χ2n) is 7.11. The molecule has 2 saturated heterocycles. The predicted molar refractivity (Wildman–Crippen MR) is 97.0 cm³/mol. The van der Waals surface area contributed by atoms with Gasteiger partial charge in [-0.05, 0) is 56.5 Å². The number of rotatable bonds is 3. The Morgan fingerprint density at radius 3 is 2.64 bits per heavy atom. The molecule has 0 bridgehead atoms. The van der Waals surface area contributed by atoms with Crippen LogP contribution >= 0.6 is 11.3 Å². The smallest absolute Gasteiger partial charge is 0.234 e. The molecule has 25 heavy (non-hydrogen) atoms. The minimum absolute atomic E-state index is 0.202. The van der Waals surface area contributed by atoms with E-state index in [4.69, 9.17) is 0 Å². The largest absolute Gasteiger partial charge is 0.312 e. The van der Waals surface area contributed by atoms with Gasteiger partial charge in [0, 0.05) is 30.7 Å². The average Bonchev–Trinajstić information content (AvgIpc) is 3.12. The number of aromatic nitrogens is 1. The third-order valence-electron chi connectivity index (χ3n) is 5.40. The Bertz CT molecular complexity index is 730. The number of hydrogen-bond donors (Lipinski definition) is 0. The number of halogens is 1. The van der Waals surface area contributed by atoms with Crippen molar-refractivity contribution in [3.8, 4) is 0 Å². The summed E-state index contributed by atoms with van der Waals surface area (Å²) in [6, 6.07) is 6.28. The van der Waals surface area contributed by atoms with Crippen LogP contribution < -0.4 is 4.90 Å². The van der Waals surface area contributed by atoms with Crippen molar-refractivity contribution in [1.82, 2.24) is 9.88 Å². The Morgan fingerprint density at radius 1 is 1.16 bits per heavy atom. The third kappa shape index (κ3) is 3.33. The van der Waals surface area contributed by atoms with E-state index in [1.54, 1.807) is 23.5 Å². The van der Waals surface area contributed by atoms with Crippen molar-refractivity contribution in [2.75, 3.05) is 24.5 Å². The van der Waals surface area contributed by atoms with Crippen molar-refractivity contribution in [3.63, 3.8) is 0 Å². The molecule has 1 spiro atoms. The van der Waals surface area contributed by atoms with Gasteiger partial charge in [0.2, 0.25) is 5.91 Å². The molecule has 0 N–H and O–H groups in total. The van der Waals surface area contributed by atoms with E-state index in [-0.39, 0.29) is 17.1 Å². The summed E-state index contributed by atoms with van der Waals surface area (Å²) in [7, 11) is 0. The minimum Gasteiger partial charge on any atom is -0.312 e. The van der Waals surface area contributed by atoms with Gasteiger partial charge in [-0.25, -0.2) is 9.37 Å². The standard InChI is InChI=1S/C19H22FN3OS/c20-15-3-5-17(6-4-15)23-10-2-8-19(18(23)24)7-1-9-22(13-19)11-16-12-25-14-21-16/h3-6,12,14H,1-2,7-11,13H2. The van der Waals surface area contributed by atoms with Gasteiger partial charge in [-0.3, -0.25) is 9.69 Å². The van der Waals surface area contributed by atoms with E-state index in [9.17, 15) is 9.18 Å². The van der Waals surface area contributed by atoms with Gasteiger partial charge in [-0.1, -0.05) is 0 Å². The first kappa shape index (κ1) is 16.7. The monoisotopic (exact) mass is 359 g/mol. The molecule has 1 aromatic carbocycles. The third-order valence-corrected chi connectivity index (χ3v) is 6.03. The first-order valence-electron chi connectivity index (χ1n) is 8.83. The van der Waals surface area contributed by atoms with Gasteiger partial charge < -0.3 is 4.90 Å². The van der Waals surface area contributed by atoms with E-state index in [2.05, 4.69) is 15.3 Å². The van der Waals surface area contributed by atoms with Crippen LogP contribution in [0.3, 0.4) is 0 Å². The highest BCUT2D eigenvalue weighted by Crippen LogP contribution is 2.41. The van der Waals surface area contributed by atoms with Crippen LogP contribution in [-0.4, -0.2) is 35.4 Å². The second kappa shape index (κ2) is 6.84. The predicted octanol–water partition coefficient (Wildman–Crippen LogP) is 3.69. The van der Waals surface area contributed by atoms with Crippen LogP contribution in [0.15, 0.2) is 35.2 Å². The van der Waals surface area contributed by atoms with Crippen LogP contribution in [0.4, 0.5) is 10.1 Å². The van der Waals surface area contributed by atoms with Gasteiger partial charge in [0.15, 0.2) is 0 Å². The molecular weight excluding hydrogens is 337 g/mol. The number of benzene rings is 1. The number of carbonyl (C=O) groups excluding carboxylic acids is 1. The zero-order chi connectivity index (χ0) is 17.3. The first-order valence-corrected chi connectivity index (χ1v) is 9.78. The summed E-state index contributed by atoms with van der Waals surface area (Å²) in [6.45, 7) is 3.34. The summed E-state index contributed by atoms with van der Waals surface area (Å²) in [5, 5.41) is 2.08. The molecular formula is C19H22FN3OS. The van der Waals surface area contributed by atoms with E-state index < -0.39 is 0 Å². The zero-order valence-corrected chi connectivity index (χ0v) is 15.0. The van der Waals surface area contributed by atoms with Gasteiger partial charge in [-0.15, -0.1) is 11.3 Å². The Morgan fingerprint density at radius 2 is 1.92 bits per heavy atom. The molecule has 2 aliphatic heterocycles. The van der Waals surface area contributed by atoms with E-state index >= 15 is 0 Å². The summed E-state index contributed by atoms with van der Waals surface area (Å²) >= 11 is 1.61. The Kier molecular flexibility index (Phi) is 4.56. The van der Waals surface area contributed by atoms with Crippen molar-refractivity contribution >= 4 is 22.9 Å². The Labute approximate surface area is 151 Å². The van der Waals surface area contributed by atoms with Crippen molar-refractivity contribution < 1.29 is 9.18 Å². The molecule has 0 saturated carbocycles. The lowest BCUT2D eigenvalue weighted by molar-refractivity contribution is -0.134. The summed E-state index contributed by atoms with van der Waals surface area (Å²) < 4.78 is 13.2. The van der Waals surface area contributed by atoms with Crippen LogP contribution in [0.2, 0.25) is 0 Å². The number of nitrogens with zero attached hydrogens (tertiary/aromatic N) is 3. The van der Waals surface area contributed by atoms with Gasteiger partial charge in [-0.2, -0.15) is 0 Å². The van der Waals surface area contributed by atoms with Crippen LogP contribution in [0.1, 0.15) is 31.4 Å². The number of likely N-dealkylation sites (tertiary alicyclic amines) is 1. The van der Waals surface area contributed by atoms with Crippen molar-refractivity contribution in [2.24, 2.45) is 5.41 Å². The number of thiazole rings is 1. The topological polar surface area (TPSA) is 36.4 Å². The van der Waals surface area contributed by atoms with Crippen LogP contribution in [-0.2, 0) is 11.3 Å². The normalized spacial score (nSPS) is 24.8. The van der Waals surface area contributed by atoms with Gasteiger partial charge >= 0.3 is 0 Å². The molecule has 1 unspecified atom stereocenters. The second-order valence-corrected chi connectivity index (χ2v) is 7.83. The van der Waals surface area contributed by atoms with Crippen LogP contribution in [0.5, 0.6) is 0 Å². The fourth-order valence-corrected chi connectivity index (χ4v) is 4.77.